The van der Waals surface area contributed by atoms with Crippen LogP contribution in [0.15, 0.2) is 24.3 Å². The van der Waals surface area contributed by atoms with Gasteiger partial charge in [-0.1, -0.05) is 6.07 Å². The largest absolute Gasteiger partial charge is 0.504 e. The normalized spacial score (nSPS) is 39.9. The topological polar surface area (TPSA) is 446 Å². The van der Waals surface area contributed by atoms with E-state index in [1.165, 1.54) is 6.07 Å². The molecule has 4 fully saturated rings. The Hall–Kier alpha value is -4.57. The maximum absolute atomic E-state index is 13.3. The predicted molar refractivity (Wildman–Crippen MR) is 201 cm³/mol. The number of aliphatic hydroxyl groups is 10. The van der Waals surface area contributed by atoms with E-state index in [0.717, 1.165) is 38.1 Å². The third-order valence-corrected chi connectivity index (χ3v) is 10.5. The third-order valence-electron chi connectivity index (χ3n) is 10.5. The summed E-state index contributed by atoms with van der Waals surface area (Å²) in [5.74, 6) is -7.65. The van der Waals surface area contributed by atoms with Crippen LogP contribution < -0.4 is 15.4 Å². The summed E-state index contributed by atoms with van der Waals surface area (Å²) in [6, 6.07) is -0.173. The van der Waals surface area contributed by atoms with Crippen LogP contribution in [-0.4, -0.2) is 232 Å². The van der Waals surface area contributed by atoms with E-state index in [1.807, 2.05) is 0 Å². The fourth-order valence-corrected chi connectivity index (χ4v) is 7.34. The van der Waals surface area contributed by atoms with Gasteiger partial charge in [-0.05, 0) is 23.8 Å². The molecule has 0 radical (unpaired) electrons. The molecule has 364 valence electrons. The van der Waals surface area contributed by atoms with Crippen molar-refractivity contribution >= 4 is 35.8 Å². The second kappa shape index (κ2) is 21.8. The lowest BCUT2D eigenvalue weighted by molar-refractivity contribution is -0.368. The van der Waals surface area contributed by atoms with Crippen LogP contribution in [0.1, 0.15) is 19.4 Å². The van der Waals surface area contributed by atoms with Crippen molar-refractivity contribution in [3.05, 3.63) is 29.8 Å². The zero-order chi connectivity index (χ0) is 48.2. The van der Waals surface area contributed by atoms with Crippen molar-refractivity contribution in [2.75, 3.05) is 13.2 Å². The van der Waals surface area contributed by atoms with E-state index in [2.05, 4.69) is 10.6 Å². The summed E-state index contributed by atoms with van der Waals surface area (Å²) in [7, 11) is 0. The van der Waals surface area contributed by atoms with Crippen molar-refractivity contribution < 1.29 is 128 Å². The lowest BCUT2D eigenvalue weighted by Gasteiger charge is -2.49. The highest BCUT2D eigenvalue weighted by Gasteiger charge is 2.57. The van der Waals surface area contributed by atoms with E-state index in [0.29, 0.717) is 0 Å². The van der Waals surface area contributed by atoms with E-state index < -0.39 is 177 Å². The van der Waals surface area contributed by atoms with Crippen molar-refractivity contribution in [2.24, 2.45) is 0 Å². The first kappa shape index (κ1) is 51.4. The number of phenols is 1. The zero-order valence-electron chi connectivity index (χ0n) is 34.0. The number of phenolic OH excluding ortho intramolecular Hbond substituents is 1. The highest BCUT2D eigenvalue weighted by molar-refractivity contribution is 5.85. The number of hydrogen-bond donors (Lipinski definition) is 15. The molecule has 0 spiro atoms. The number of benzene rings is 1. The standard InChI is InChI=1S/C37H50N2O26/c1-10(42)38-18-27(20(47)15(8-40)59-33(18)56)61-37-26(53)24(51)29(31(65-37)32(54)55)63-35-19(39-11(2)43)28(21(48)16(9-41)60-35)62-36-25(52)22(49)23(50)30(64-36)34(57)58-14-7-12(3-5-13(14)44)4-6-17(45)46/h3-7,15-16,18-31,33,35-37,40-41,44,47-53,56H,8-9H2,1-2H3,(H,38,42)(H,39,43)(H,45,46)(H,54,55)/b6-4+/t15-,16-,18-,19-,20-,21-,22+,23+,24-,25-,26-,27-,28-,29+,30+,31+,33-,35+,36-,37-/m1/s1. The first-order valence-corrected chi connectivity index (χ1v) is 19.6. The van der Waals surface area contributed by atoms with Gasteiger partial charge in [-0.15, -0.1) is 0 Å². The van der Waals surface area contributed by atoms with Gasteiger partial charge in [0.15, 0.2) is 48.9 Å². The first-order chi connectivity index (χ1) is 30.6. The number of aliphatic carboxylic acids is 2. The van der Waals surface area contributed by atoms with Crippen molar-refractivity contribution in [3.63, 3.8) is 0 Å². The second-order valence-electron chi connectivity index (χ2n) is 15.2. The summed E-state index contributed by atoms with van der Waals surface area (Å²) in [5, 5.41) is 141. The van der Waals surface area contributed by atoms with Gasteiger partial charge < -0.3 is 115 Å². The number of carbonyl (C=O) groups is 5. The second-order valence-corrected chi connectivity index (χ2v) is 15.2. The molecular formula is C37H50N2O26. The monoisotopic (exact) mass is 938 g/mol. The smallest absolute Gasteiger partial charge is 0.343 e. The molecule has 0 bridgehead atoms. The van der Waals surface area contributed by atoms with Gasteiger partial charge in [-0.2, -0.15) is 0 Å². The van der Waals surface area contributed by atoms with Gasteiger partial charge in [0.05, 0.1) is 13.2 Å². The number of nitrogens with one attached hydrogen (secondary N) is 2. The number of carboxylic acid groups (broad SMARTS) is 2. The van der Waals surface area contributed by atoms with Gasteiger partial charge in [0, 0.05) is 19.9 Å². The van der Waals surface area contributed by atoms with Crippen LogP contribution in [0.5, 0.6) is 11.5 Å². The fraction of sp³-hybridized carbons (Fsp3) is 0.649. The lowest BCUT2D eigenvalue weighted by atomic mass is 9.94. The number of carbonyl (C=O) groups excluding carboxylic acids is 3. The van der Waals surface area contributed by atoms with Gasteiger partial charge in [-0.3, -0.25) is 9.59 Å². The van der Waals surface area contributed by atoms with Crippen molar-refractivity contribution in [1.82, 2.24) is 10.6 Å². The molecule has 4 heterocycles. The minimum Gasteiger partial charge on any atom is -0.504 e. The molecule has 0 unspecified atom stereocenters. The molecule has 1 aromatic rings. The van der Waals surface area contributed by atoms with Gasteiger partial charge in [0.1, 0.15) is 85.3 Å². The Balaban J connectivity index is 1.39. The first-order valence-electron chi connectivity index (χ1n) is 19.6. The van der Waals surface area contributed by atoms with Crippen molar-refractivity contribution in [3.8, 4) is 11.5 Å². The summed E-state index contributed by atoms with van der Waals surface area (Å²) >= 11 is 0. The number of hydrogen-bond acceptors (Lipinski definition) is 24. The summed E-state index contributed by atoms with van der Waals surface area (Å²) in [4.78, 5) is 61.3. The maximum atomic E-state index is 13.3. The van der Waals surface area contributed by atoms with Crippen molar-refractivity contribution in [2.45, 2.75) is 137 Å². The van der Waals surface area contributed by atoms with Crippen LogP contribution in [0.25, 0.3) is 6.08 Å². The van der Waals surface area contributed by atoms with Gasteiger partial charge in [-0.25, -0.2) is 14.4 Å². The molecule has 4 aliphatic heterocycles. The van der Waals surface area contributed by atoms with E-state index in [-0.39, 0.29) is 5.56 Å². The molecule has 4 aliphatic rings. The van der Waals surface area contributed by atoms with Crippen LogP contribution in [-0.2, 0) is 57.1 Å². The predicted octanol–water partition coefficient (Wildman–Crippen LogP) is -7.95. The number of carboxylic acids is 2. The molecule has 2 amide bonds. The highest BCUT2D eigenvalue weighted by Crippen LogP contribution is 2.35. The van der Waals surface area contributed by atoms with Crippen LogP contribution >= 0.6 is 0 Å². The Bertz CT molecular complexity index is 1890. The minimum absolute atomic E-state index is 0.122. The summed E-state index contributed by atoms with van der Waals surface area (Å²) in [6.07, 6.45) is -36.0. The quantitative estimate of drug-likeness (QED) is 0.0441. The molecule has 4 saturated heterocycles. The summed E-state index contributed by atoms with van der Waals surface area (Å²) in [6.45, 7) is 0.00727. The van der Waals surface area contributed by atoms with E-state index in [1.54, 1.807) is 0 Å². The average Bonchev–Trinajstić information content (AvgIpc) is 3.24. The maximum Gasteiger partial charge on any atom is 0.343 e. The Morgan fingerprint density at radius 3 is 1.71 bits per heavy atom. The SMILES string of the molecule is CC(=O)N[C@@H]1[C@@H](O[C@@H]2O[C@H](C(=O)O)[C@@H](O[C@@H]3O[C@H](CO)[C@@H](O)[C@H](O[C@@H]4O[C@H](C(=O)Oc5cc(/C=C/C(=O)O)ccc5O)[C@@H](O)[C@H](O)[C@H]4O)[C@H]3NC(C)=O)[C@H](O)[C@H]2O)[C@H](O)[C@@H](CO)O[C@H]1O. The number of rotatable bonds is 15. The Kier molecular flexibility index (Phi) is 17.3. The highest BCUT2D eigenvalue weighted by atomic mass is 16.8. The molecule has 0 saturated carbocycles. The molecule has 20 atom stereocenters. The zero-order valence-corrected chi connectivity index (χ0v) is 34.0. The number of aliphatic hydroxyl groups excluding tert-OH is 10. The Morgan fingerprint density at radius 2 is 1.15 bits per heavy atom. The molecule has 0 aromatic heterocycles. The molecular weight excluding hydrogens is 888 g/mol. The van der Waals surface area contributed by atoms with E-state index in [9.17, 15) is 85.3 Å². The molecule has 0 aliphatic carbocycles. The Morgan fingerprint density at radius 1 is 0.631 bits per heavy atom. The molecule has 28 nitrogen and oxygen atoms in total. The Labute approximate surface area is 365 Å². The van der Waals surface area contributed by atoms with Crippen LogP contribution in [0.2, 0.25) is 0 Å². The van der Waals surface area contributed by atoms with Crippen LogP contribution in [0.4, 0.5) is 0 Å². The van der Waals surface area contributed by atoms with Crippen LogP contribution in [0.3, 0.4) is 0 Å². The minimum atomic E-state index is -2.36. The molecule has 5 rings (SSSR count). The number of amides is 2. The van der Waals surface area contributed by atoms with E-state index in [4.69, 9.17) is 43.0 Å². The molecule has 65 heavy (non-hydrogen) atoms. The van der Waals surface area contributed by atoms with Crippen LogP contribution in [0, 0.1) is 0 Å². The van der Waals surface area contributed by atoms with Crippen molar-refractivity contribution in [1.29, 1.82) is 0 Å². The fourth-order valence-electron chi connectivity index (χ4n) is 7.34. The van der Waals surface area contributed by atoms with Gasteiger partial charge >= 0.3 is 17.9 Å². The molecule has 28 heteroatoms. The van der Waals surface area contributed by atoms with Gasteiger partial charge in [0.25, 0.3) is 0 Å². The number of ether oxygens (including phenoxy) is 8. The van der Waals surface area contributed by atoms with E-state index >= 15 is 0 Å². The summed E-state index contributed by atoms with van der Waals surface area (Å²) < 4.78 is 44.0. The number of aromatic hydroxyl groups is 1. The van der Waals surface area contributed by atoms with Gasteiger partial charge in [0.2, 0.25) is 11.8 Å². The summed E-state index contributed by atoms with van der Waals surface area (Å²) in [5.41, 5.74) is 0.122. The number of esters is 1. The average molecular weight is 939 g/mol. The lowest BCUT2D eigenvalue weighted by Crippen LogP contribution is -2.70. The molecule has 1 aromatic carbocycles. The third kappa shape index (κ3) is 11.7. The molecule has 15 N–H and O–H groups in total.